The summed E-state index contributed by atoms with van der Waals surface area (Å²) >= 11 is 7.53. The monoisotopic (exact) mass is 403 g/mol. The SMILES string of the molecule is COc1ccc(CNC(=O)[C@@H](C)OC(=O)c2sc3ccccc3c2Cl)cc1. The number of thiophene rings is 1. The van der Waals surface area contributed by atoms with Gasteiger partial charge in [-0.25, -0.2) is 4.79 Å². The van der Waals surface area contributed by atoms with Gasteiger partial charge < -0.3 is 14.8 Å². The molecule has 0 aliphatic carbocycles. The lowest BCUT2D eigenvalue weighted by atomic mass is 10.2. The summed E-state index contributed by atoms with van der Waals surface area (Å²) in [5.41, 5.74) is 0.912. The number of methoxy groups -OCH3 is 1. The Labute approximate surface area is 165 Å². The standard InChI is InChI=1S/C20H18ClNO4S/c1-12(19(23)22-11-13-7-9-14(25-2)10-8-13)26-20(24)18-17(21)15-5-3-4-6-16(15)27-18/h3-10,12H,11H2,1-2H3,(H,22,23)/t12-/m1/s1. The van der Waals surface area contributed by atoms with Crippen LogP contribution in [0.15, 0.2) is 48.5 Å². The second-order valence-corrected chi connectivity index (χ2v) is 7.28. The Morgan fingerprint density at radius 3 is 2.52 bits per heavy atom. The van der Waals surface area contributed by atoms with Gasteiger partial charge >= 0.3 is 5.97 Å². The van der Waals surface area contributed by atoms with Crippen molar-refractivity contribution < 1.29 is 19.1 Å². The molecule has 0 saturated carbocycles. The predicted octanol–water partition coefficient (Wildman–Crippen LogP) is 4.43. The molecule has 27 heavy (non-hydrogen) atoms. The maximum atomic E-state index is 12.4. The molecule has 0 spiro atoms. The van der Waals surface area contributed by atoms with Gasteiger partial charge in [0.05, 0.1) is 12.1 Å². The molecule has 1 amide bonds. The molecule has 0 aliphatic heterocycles. The lowest BCUT2D eigenvalue weighted by Crippen LogP contribution is -2.35. The van der Waals surface area contributed by atoms with Crippen LogP contribution in [0.25, 0.3) is 10.1 Å². The van der Waals surface area contributed by atoms with Gasteiger partial charge in [-0.05, 0) is 30.7 Å². The summed E-state index contributed by atoms with van der Waals surface area (Å²) < 4.78 is 11.3. The fraction of sp³-hybridized carbons (Fsp3) is 0.200. The zero-order valence-electron chi connectivity index (χ0n) is 14.8. The number of ether oxygens (including phenoxy) is 2. The summed E-state index contributed by atoms with van der Waals surface area (Å²) in [7, 11) is 1.59. The van der Waals surface area contributed by atoms with E-state index < -0.39 is 12.1 Å². The number of fused-ring (bicyclic) bond motifs is 1. The minimum Gasteiger partial charge on any atom is -0.497 e. The normalized spacial score (nSPS) is 11.8. The summed E-state index contributed by atoms with van der Waals surface area (Å²) in [6.45, 7) is 1.86. The molecule has 1 heterocycles. The molecule has 3 aromatic rings. The number of hydrogen-bond donors (Lipinski definition) is 1. The number of benzene rings is 2. The van der Waals surface area contributed by atoms with Gasteiger partial charge in [0.25, 0.3) is 5.91 Å². The van der Waals surface area contributed by atoms with Gasteiger partial charge in [0, 0.05) is 16.6 Å². The molecular formula is C20H18ClNO4S. The third-order valence-electron chi connectivity index (χ3n) is 4.00. The summed E-state index contributed by atoms with van der Waals surface area (Å²) in [5.74, 6) is -0.239. The van der Waals surface area contributed by atoms with E-state index in [1.54, 1.807) is 7.11 Å². The lowest BCUT2D eigenvalue weighted by Gasteiger charge is -2.13. The zero-order valence-corrected chi connectivity index (χ0v) is 16.4. The molecule has 0 aliphatic rings. The van der Waals surface area contributed by atoms with Crippen molar-refractivity contribution in [1.82, 2.24) is 5.32 Å². The van der Waals surface area contributed by atoms with Crippen molar-refractivity contribution >= 4 is 44.9 Å². The molecule has 0 radical (unpaired) electrons. The first-order valence-electron chi connectivity index (χ1n) is 8.28. The number of carbonyl (C=O) groups excluding carboxylic acids is 2. The van der Waals surface area contributed by atoms with Crippen molar-refractivity contribution in [2.24, 2.45) is 0 Å². The number of halogens is 1. The van der Waals surface area contributed by atoms with Crippen molar-refractivity contribution in [3.05, 3.63) is 64.0 Å². The van der Waals surface area contributed by atoms with Crippen molar-refractivity contribution in [2.45, 2.75) is 19.6 Å². The molecule has 3 rings (SSSR count). The lowest BCUT2D eigenvalue weighted by molar-refractivity contribution is -0.129. The van der Waals surface area contributed by atoms with Crippen molar-refractivity contribution in [2.75, 3.05) is 7.11 Å². The van der Waals surface area contributed by atoms with Crippen LogP contribution in [0.3, 0.4) is 0 Å². The molecule has 1 N–H and O–H groups in total. The van der Waals surface area contributed by atoms with Gasteiger partial charge in [0.15, 0.2) is 6.10 Å². The third kappa shape index (κ3) is 4.40. The summed E-state index contributed by atoms with van der Waals surface area (Å²) in [6, 6.07) is 14.8. The summed E-state index contributed by atoms with van der Waals surface area (Å²) in [6.07, 6.45) is -0.933. The molecule has 140 valence electrons. The average molecular weight is 404 g/mol. The number of amides is 1. The van der Waals surface area contributed by atoms with Crippen LogP contribution in [0, 0.1) is 0 Å². The molecule has 7 heteroatoms. The van der Waals surface area contributed by atoms with Gasteiger partial charge in [-0.1, -0.05) is 41.9 Å². The second kappa shape index (κ2) is 8.41. The van der Waals surface area contributed by atoms with Crippen LogP contribution < -0.4 is 10.1 Å². The highest BCUT2D eigenvalue weighted by Gasteiger charge is 2.23. The minimum absolute atomic E-state index is 0.299. The van der Waals surface area contributed by atoms with E-state index in [4.69, 9.17) is 21.1 Å². The third-order valence-corrected chi connectivity index (χ3v) is 5.65. The van der Waals surface area contributed by atoms with E-state index in [9.17, 15) is 9.59 Å². The van der Waals surface area contributed by atoms with Gasteiger partial charge in [-0.2, -0.15) is 0 Å². The largest absolute Gasteiger partial charge is 0.497 e. The van der Waals surface area contributed by atoms with Crippen LogP contribution in [0.2, 0.25) is 5.02 Å². The maximum Gasteiger partial charge on any atom is 0.350 e. The fourth-order valence-corrected chi connectivity index (χ4v) is 3.88. The number of carbonyl (C=O) groups is 2. The number of hydrogen-bond acceptors (Lipinski definition) is 5. The molecule has 0 saturated heterocycles. The van der Waals surface area contributed by atoms with E-state index in [2.05, 4.69) is 5.32 Å². The Balaban J connectivity index is 1.59. The smallest absolute Gasteiger partial charge is 0.350 e. The zero-order chi connectivity index (χ0) is 19.4. The van der Waals surface area contributed by atoms with Gasteiger partial charge in [0.2, 0.25) is 0 Å². The van der Waals surface area contributed by atoms with E-state index in [-0.39, 0.29) is 5.91 Å². The van der Waals surface area contributed by atoms with Crippen LogP contribution in [-0.2, 0) is 16.1 Å². The van der Waals surface area contributed by atoms with E-state index in [1.807, 2.05) is 48.5 Å². The molecular weight excluding hydrogens is 386 g/mol. The van der Waals surface area contributed by atoms with Gasteiger partial charge in [0.1, 0.15) is 10.6 Å². The van der Waals surface area contributed by atoms with Crippen molar-refractivity contribution in [1.29, 1.82) is 0 Å². The molecule has 0 fully saturated rings. The molecule has 1 atom stereocenters. The molecule has 0 bridgehead atoms. The molecule has 2 aromatic carbocycles. The van der Waals surface area contributed by atoms with Crippen LogP contribution >= 0.6 is 22.9 Å². The highest BCUT2D eigenvalue weighted by atomic mass is 35.5. The fourth-order valence-electron chi connectivity index (χ4n) is 2.49. The second-order valence-electron chi connectivity index (χ2n) is 5.85. The van der Waals surface area contributed by atoms with Crippen LogP contribution in [-0.4, -0.2) is 25.1 Å². The van der Waals surface area contributed by atoms with E-state index in [0.29, 0.717) is 16.4 Å². The highest BCUT2D eigenvalue weighted by molar-refractivity contribution is 7.21. The Kier molecular flexibility index (Phi) is 5.98. The van der Waals surface area contributed by atoms with Crippen LogP contribution in [0.1, 0.15) is 22.2 Å². The van der Waals surface area contributed by atoms with Crippen molar-refractivity contribution in [3.8, 4) is 5.75 Å². The first-order valence-corrected chi connectivity index (χ1v) is 9.47. The first kappa shape index (κ1) is 19.2. The van der Waals surface area contributed by atoms with E-state index >= 15 is 0 Å². The number of nitrogens with one attached hydrogen (secondary N) is 1. The van der Waals surface area contributed by atoms with E-state index in [1.165, 1.54) is 18.3 Å². The van der Waals surface area contributed by atoms with Gasteiger partial charge in [-0.15, -0.1) is 11.3 Å². The number of esters is 1. The van der Waals surface area contributed by atoms with Crippen LogP contribution in [0.5, 0.6) is 5.75 Å². The Morgan fingerprint density at radius 2 is 1.85 bits per heavy atom. The highest BCUT2D eigenvalue weighted by Crippen LogP contribution is 2.35. The van der Waals surface area contributed by atoms with Gasteiger partial charge in [-0.3, -0.25) is 4.79 Å². The Morgan fingerprint density at radius 1 is 1.15 bits per heavy atom. The topological polar surface area (TPSA) is 64.6 Å². The molecule has 1 aromatic heterocycles. The first-order chi connectivity index (χ1) is 13.0. The maximum absolute atomic E-state index is 12.4. The van der Waals surface area contributed by atoms with Crippen LogP contribution in [0.4, 0.5) is 0 Å². The summed E-state index contributed by atoms with van der Waals surface area (Å²) in [5, 5.41) is 3.90. The molecule has 0 unspecified atom stereocenters. The summed E-state index contributed by atoms with van der Waals surface area (Å²) in [4.78, 5) is 24.9. The molecule has 5 nitrogen and oxygen atoms in total. The predicted molar refractivity (Wildman–Crippen MR) is 107 cm³/mol. The quantitative estimate of drug-likeness (QED) is 0.618. The van der Waals surface area contributed by atoms with Crippen molar-refractivity contribution in [3.63, 3.8) is 0 Å². The van der Waals surface area contributed by atoms with E-state index in [0.717, 1.165) is 21.4 Å². The average Bonchev–Trinajstić information content (AvgIpc) is 3.03. The number of rotatable bonds is 6. The minimum atomic E-state index is -0.933. The Hall–Kier alpha value is -2.57. The Bertz CT molecular complexity index is 968.